The van der Waals surface area contributed by atoms with Crippen LogP contribution >= 0.6 is 37.2 Å². The largest absolute Gasteiger partial charge is 0.383 e. The predicted octanol–water partition coefficient (Wildman–Crippen LogP) is 2.95. The molecule has 2 aliphatic heterocycles. The summed E-state index contributed by atoms with van der Waals surface area (Å²) in [5.41, 5.74) is 7.55. The van der Waals surface area contributed by atoms with Crippen LogP contribution in [-0.4, -0.2) is 69.7 Å². The van der Waals surface area contributed by atoms with Crippen LogP contribution in [0.1, 0.15) is 37.7 Å². The fourth-order valence-corrected chi connectivity index (χ4v) is 5.53. The first-order valence-electron chi connectivity index (χ1n) is 13.8. The number of rotatable bonds is 8. The van der Waals surface area contributed by atoms with Crippen molar-refractivity contribution in [2.24, 2.45) is 5.73 Å². The van der Waals surface area contributed by atoms with Crippen molar-refractivity contribution in [3.63, 3.8) is 0 Å². The van der Waals surface area contributed by atoms with Gasteiger partial charge in [0.2, 0.25) is 17.7 Å². The Kier molecular flexibility index (Phi) is 13.6. The average molecular weight is 654 g/mol. The Hall–Kier alpha value is -2.99. The number of aryl methyl sites for hydroxylation is 1. The lowest BCUT2D eigenvalue weighted by atomic mass is 10.0. The quantitative estimate of drug-likeness (QED) is 0.235. The molecule has 4 atom stereocenters. The molecule has 6 N–H and O–H groups in total. The van der Waals surface area contributed by atoms with Gasteiger partial charge in [-0.15, -0.1) is 37.2 Å². The predicted molar refractivity (Wildman–Crippen MR) is 174 cm³/mol. The second-order valence-electron chi connectivity index (χ2n) is 10.8. The molecule has 0 spiro atoms. The number of nitrogens with zero attached hydrogens (tertiary/aromatic N) is 2. The van der Waals surface area contributed by atoms with Gasteiger partial charge < -0.3 is 31.7 Å². The van der Waals surface area contributed by atoms with Crippen molar-refractivity contribution >= 4 is 71.5 Å². The summed E-state index contributed by atoms with van der Waals surface area (Å²) < 4.78 is 0. The molecule has 3 aromatic rings. The number of para-hydroxylation sites is 1. The molecule has 1 aromatic heterocycles. The van der Waals surface area contributed by atoms with Crippen LogP contribution in [0.2, 0.25) is 0 Å². The zero-order valence-corrected chi connectivity index (χ0v) is 26.1. The zero-order chi connectivity index (χ0) is 28.1. The standard InChI is InChI=1S/C30H36N6O4.3ClH/c31-30(35-28(39)26(37)14-13-20-8-2-1-3-9-20)17-25(36(19-30)29(40)24-12-6-7-15-32-24)27(38)34-22-16-21-10-4-5-11-23(21)33-18-22;;;/h1-5,8-11,16,18,24-26,32,37H,6-7,12-15,17,19,31H2,(H,34,38)(H,35,39);3*1H/t24?,25-,26+,30+;;;/m0.../s1. The lowest BCUT2D eigenvalue weighted by Crippen LogP contribution is -2.60. The van der Waals surface area contributed by atoms with E-state index in [1.807, 2.05) is 60.7 Å². The Labute approximate surface area is 269 Å². The van der Waals surface area contributed by atoms with Crippen LogP contribution in [-0.2, 0) is 20.8 Å². The van der Waals surface area contributed by atoms with Crippen molar-refractivity contribution in [1.82, 2.24) is 20.5 Å². The molecule has 43 heavy (non-hydrogen) atoms. The molecule has 10 nitrogen and oxygen atoms in total. The van der Waals surface area contributed by atoms with Crippen LogP contribution in [0.5, 0.6) is 0 Å². The van der Waals surface area contributed by atoms with E-state index in [-0.39, 0.29) is 62.5 Å². The molecule has 3 amide bonds. The molecule has 2 aromatic carbocycles. The van der Waals surface area contributed by atoms with Crippen LogP contribution in [0.4, 0.5) is 5.69 Å². The third-order valence-electron chi connectivity index (χ3n) is 7.66. The number of benzene rings is 2. The molecule has 0 saturated carbocycles. The molecule has 2 fully saturated rings. The van der Waals surface area contributed by atoms with Gasteiger partial charge in [-0.25, -0.2) is 0 Å². The molecule has 234 valence electrons. The number of nitrogens with one attached hydrogen (secondary N) is 3. The van der Waals surface area contributed by atoms with Gasteiger partial charge in [0, 0.05) is 11.8 Å². The van der Waals surface area contributed by atoms with E-state index in [9.17, 15) is 19.5 Å². The summed E-state index contributed by atoms with van der Waals surface area (Å²) in [4.78, 5) is 45.9. The lowest BCUT2D eigenvalue weighted by Gasteiger charge is -2.31. The summed E-state index contributed by atoms with van der Waals surface area (Å²) in [6.07, 6.45) is 3.62. The number of hydrogen-bond acceptors (Lipinski definition) is 7. The van der Waals surface area contributed by atoms with Gasteiger partial charge in [0.05, 0.1) is 30.0 Å². The first-order valence-corrected chi connectivity index (χ1v) is 13.8. The molecule has 2 aliphatic rings. The number of pyridine rings is 1. The summed E-state index contributed by atoms with van der Waals surface area (Å²) in [5.74, 6) is -1.25. The van der Waals surface area contributed by atoms with E-state index in [0.717, 1.165) is 35.9 Å². The molecule has 0 aliphatic carbocycles. The van der Waals surface area contributed by atoms with Crippen LogP contribution < -0.4 is 21.7 Å². The molecular formula is C30H39Cl3N6O4. The van der Waals surface area contributed by atoms with Crippen molar-refractivity contribution in [2.75, 3.05) is 18.4 Å². The minimum absolute atomic E-state index is 0. The van der Waals surface area contributed by atoms with Crippen LogP contribution in [0, 0.1) is 0 Å². The van der Waals surface area contributed by atoms with Gasteiger partial charge in [-0.05, 0) is 49.9 Å². The second-order valence-corrected chi connectivity index (χ2v) is 10.8. The van der Waals surface area contributed by atoms with E-state index in [1.165, 1.54) is 4.90 Å². The Morgan fingerprint density at radius 2 is 1.79 bits per heavy atom. The summed E-state index contributed by atoms with van der Waals surface area (Å²) >= 11 is 0. The zero-order valence-electron chi connectivity index (χ0n) is 23.6. The Morgan fingerprint density at radius 1 is 1.07 bits per heavy atom. The van der Waals surface area contributed by atoms with Crippen LogP contribution in [0.3, 0.4) is 0 Å². The Balaban J connectivity index is 0.00000215. The fraction of sp³-hybridized carbons (Fsp3) is 0.400. The van der Waals surface area contributed by atoms with Crippen molar-refractivity contribution in [1.29, 1.82) is 0 Å². The highest BCUT2D eigenvalue weighted by atomic mass is 35.5. The number of halogens is 3. The topological polar surface area (TPSA) is 150 Å². The van der Waals surface area contributed by atoms with Gasteiger partial charge in [-0.3, -0.25) is 19.4 Å². The number of nitrogens with two attached hydrogens (primary N) is 1. The molecule has 3 heterocycles. The van der Waals surface area contributed by atoms with Crippen molar-refractivity contribution in [2.45, 2.75) is 62.4 Å². The number of fused-ring (bicyclic) bond motifs is 1. The van der Waals surface area contributed by atoms with Gasteiger partial charge in [-0.1, -0.05) is 55.0 Å². The van der Waals surface area contributed by atoms with Gasteiger partial charge in [0.15, 0.2) is 0 Å². The van der Waals surface area contributed by atoms with Crippen molar-refractivity contribution < 1.29 is 19.5 Å². The van der Waals surface area contributed by atoms with E-state index >= 15 is 0 Å². The van der Waals surface area contributed by atoms with Crippen LogP contribution in [0.15, 0.2) is 66.9 Å². The highest BCUT2D eigenvalue weighted by molar-refractivity contribution is 5.99. The summed E-state index contributed by atoms with van der Waals surface area (Å²) in [6, 6.07) is 17.7. The highest BCUT2D eigenvalue weighted by Crippen LogP contribution is 2.27. The number of piperidine rings is 1. The van der Waals surface area contributed by atoms with Crippen molar-refractivity contribution in [3.8, 4) is 0 Å². The van der Waals surface area contributed by atoms with E-state index in [1.54, 1.807) is 6.20 Å². The highest BCUT2D eigenvalue weighted by Gasteiger charge is 2.49. The monoisotopic (exact) mass is 652 g/mol. The minimum Gasteiger partial charge on any atom is -0.383 e. The smallest absolute Gasteiger partial charge is 0.250 e. The first kappa shape index (κ1) is 36.2. The van der Waals surface area contributed by atoms with Gasteiger partial charge in [-0.2, -0.15) is 0 Å². The fourth-order valence-electron chi connectivity index (χ4n) is 5.53. The van der Waals surface area contributed by atoms with Crippen molar-refractivity contribution in [3.05, 3.63) is 72.4 Å². The van der Waals surface area contributed by atoms with Gasteiger partial charge in [0.1, 0.15) is 17.8 Å². The minimum atomic E-state index is -1.38. The van der Waals surface area contributed by atoms with Gasteiger partial charge >= 0.3 is 0 Å². The Morgan fingerprint density at radius 3 is 2.51 bits per heavy atom. The lowest BCUT2D eigenvalue weighted by molar-refractivity contribution is -0.139. The first-order chi connectivity index (χ1) is 19.3. The van der Waals surface area contributed by atoms with E-state index < -0.39 is 35.7 Å². The van der Waals surface area contributed by atoms with Crippen LogP contribution in [0.25, 0.3) is 10.9 Å². The maximum absolute atomic E-state index is 13.6. The molecule has 2 saturated heterocycles. The number of aliphatic hydroxyl groups excluding tert-OH is 1. The number of aromatic nitrogens is 1. The van der Waals surface area contributed by atoms with E-state index in [2.05, 4.69) is 20.9 Å². The number of carbonyl (C=O) groups is 3. The normalized spacial score (nSPS) is 21.9. The molecule has 5 rings (SSSR count). The number of aliphatic hydroxyl groups is 1. The summed E-state index contributed by atoms with van der Waals surface area (Å²) in [7, 11) is 0. The molecule has 1 unspecified atom stereocenters. The number of hydrogen-bond donors (Lipinski definition) is 5. The molecule has 13 heteroatoms. The third kappa shape index (κ3) is 9.01. The molecule has 0 bridgehead atoms. The number of likely N-dealkylation sites (tertiary alicyclic amines) is 1. The number of amides is 3. The number of carbonyl (C=O) groups excluding carboxylic acids is 3. The van der Waals surface area contributed by atoms with E-state index in [4.69, 9.17) is 5.73 Å². The molecular weight excluding hydrogens is 615 g/mol. The summed E-state index contributed by atoms with van der Waals surface area (Å²) in [6.45, 7) is 0.678. The maximum atomic E-state index is 13.6. The average Bonchev–Trinajstić information content (AvgIpc) is 3.33. The maximum Gasteiger partial charge on any atom is 0.250 e. The van der Waals surface area contributed by atoms with Gasteiger partial charge in [0.25, 0.3) is 0 Å². The third-order valence-corrected chi connectivity index (χ3v) is 7.66. The second kappa shape index (κ2) is 16.2. The molecule has 0 radical (unpaired) electrons. The van der Waals surface area contributed by atoms with E-state index in [0.29, 0.717) is 18.5 Å². The summed E-state index contributed by atoms with van der Waals surface area (Å²) in [5, 5.41) is 20.3. The number of anilines is 1. The SMILES string of the molecule is Cl.Cl.Cl.N[C@@]1(NC(=O)[C@H](O)CCc2ccccc2)C[C@@H](C(=O)Nc2cnc3ccccc3c2)N(C(=O)C2CCCCN2)C1. The Bertz CT molecular complexity index is 1380.